The van der Waals surface area contributed by atoms with Gasteiger partial charge in [-0.05, 0) is 31.4 Å². The van der Waals surface area contributed by atoms with Crippen molar-refractivity contribution in [3.63, 3.8) is 0 Å². The van der Waals surface area contributed by atoms with Crippen LogP contribution in [-0.4, -0.2) is 28.3 Å². The third-order valence-electron chi connectivity index (χ3n) is 3.54. The van der Waals surface area contributed by atoms with Gasteiger partial charge in [-0.3, -0.25) is 4.79 Å². The Bertz CT molecular complexity index is 625. The third-order valence-corrected chi connectivity index (χ3v) is 3.54. The van der Waals surface area contributed by atoms with Crippen molar-refractivity contribution in [2.75, 3.05) is 6.54 Å². The number of nitrogens with two attached hydrogens (primary N) is 1. The van der Waals surface area contributed by atoms with E-state index in [1.807, 2.05) is 37.3 Å². The highest BCUT2D eigenvalue weighted by atomic mass is 35.5. The first-order valence-corrected chi connectivity index (χ1v) is 7.64. The average Bonchev–Trinajstić information content (AvgIpc) is 2.89. The number of hydrogen-bond donors (Lipinski definition) is 2. The van der Waals surface area contributed by atoms with Gasteiger partial charge in [-0.25, -0.2) is 4.68 Å². The second kappa shape index (κ2) is 8.70. The molecule has 1 amide bonds. The largest absolute Gasteiger partial charge is 0.348 e. The van der Waals surface area contributed by atoms with Gasteiger partial charge < -0.3 is 11.1 Å². The van der Waals surface area contributed by atoms with Crippen molar-refractivity contribution in [3.05, 3.63) is 47.8 Å². The van der Waals surface area contributed by atoms with Crippen molar-refractivity contribution in [2.24, 2.45) is 11.7 Å². The van der Waals surface area contributed by atoms with Crippen LogP contribution in [-0.2, 0) is 0 Å². The summed E-state index contributed by atoms with van der Waals surface area (Å²) in [5, 5.41) is 7.42. The number of benzene rings is 1. The minimum absolute atomic E-state index is 0. The van der Waals surface area contributed by atoms with Crippen molar-refractivity contribution in [3.8, 4) is 5.69 Å². The molecule has 5 nitrogen and oxygen atoms in total. The van der Waals surface area contributed by atoms with Crippen molar-refractivity contribution < 1.29 is 4.79 Å². The maximum Gasteiger partial charge on any atom is 0.255 e. The second-order valence-corrected chi connectivity index (χ2v) is 5.94. The first kappa shape index (κ1) is 19.2. The van der Waals surface area contributed by atoms with E-state index in [2.05, 4.69) is 24.3 Å². The summed E-state index contributed by atoms with van der Waals surface area (Å²) in [5.41, 5.74) is 7.98. The van der Waals surface area contributed by atoms with Crippen molar-refractivity contribution >= 4 is 18.3 Å². The topological polar surface area (TPSA) is 72.9 Å². The predicted molar refractivity (Wildman–Crippen MR) is 95.3 cm³/mol. The number of amides is 1. The van der Waals surface area contributed by atoms with Crippen LogP contribution < -0.4 is 11.1 Å². The lowest BCUT2D eigenvalue weighted by molar-refractivity contribution is 0.0933. The number of aromatic nitrogens is 2. The van der Waals surface area contributed by atoms with Crippen molar-refractivity contribution in [1.29, 1.82) is 0 Å². The van der Waals surface area contributed by atoms with Crippen LogP contribution in [0.1, 0.15) is 36.3 Å². The first-order chi connectivity index (χ1) is 10.5. The highest BCUT2D eigenvalue weighted by molar-refractivity contribution is 5.95. The lowest BCUT2D eigenvalue weighted by atomic mass is 10.0. The van der Waals surface area contributed by atoms with Crippen LogP contribution in [0.3, 0.4) is 0 Å². The maximum atomic E-state index is 12.4. The summed E-state index contributed by atoms with van der Waals surface area (Å²) in [4.78, 5) is 12.4. The Balaban J connectivity index is 0.00000264. The van der Waals surface area contributed by atoms with Crippen molar-refractivity contribution in [2.45, 2.75) is 33.2 Å². The lowest BCUT2D eigenvalue weighted by Gasteiger charge is -2.18. The fraction of sp³-hybridized carbons (Fsp3) is 0.412. The SMILES string of the molecule is Cc1nn(-c2ccccc2)cc1C(=O)NC(CN)CC(C)C.Cl. The number of halogens is 1. The summed E-state index contributed by atoms with van der Waals surface area (Å²) < 4.78 is 1.73. The van der Waals surface area contributed by atoms with Crippen LogP contribution in [0.5, 0.6) is 0 Å². The summed E-state index contributed by atoms with van der Waals surface area (Å²) in [6, 6.07) is 9.74. The Morgan fingerprint density at radius 3 is 2.52 bits per heavy atom. The van der Waals surface area contributed by atoms with E-state index in [9.17, 15) is 4.79 Å². The number of para-hydroxylation sites is 1. The van der Waals surface area contributed by atoms with Gasteiger partial charge in [0.1, 0.15) is 0 Å². The molecule has 0 saturated carbocycles. The molecule has 1 aromatic carbocycles. The van der Waals surface area contributed by atoms with E-state index < -0.39 is 0 Å². The average molecular weight is 337 g/mol. The highest BCUT2D eigenvalue weighted by Crippen LogP contribution is 2.12. The fourth-order valence-electron chi connectivity index (χ4n) is 2.44. The molecule has 0 radical (unpaired) electrons. The van der Waals surface area contributed by atoms with Gasteiger partial charge in [-0.1, -0.05) is 32.0 Å². The van der Waals surface area contributed by atoms with Crippen LogP contribution in [0, 0.1) is 12.8 Å². The van der Waals surface area contributed by atoms with Gasteiger partial charge in [0.15, 0.2) is 0 Å². The van der Waals surface area contributed by atoms with E-state index in [-0.39, 0.29) is 24.4 Å². The van der Waals surface area contributed by atoms with Gasteiger partial charge in [0.05, 0.1) is 16.9 Å². The van der Waals surface area contributed by atoms with Gasteiger partial charge in [-0.2, -0.15) is 5.10 Å². The van der Waals surface area contributed by atoms with Gasteiger partial charge in [0.2, 0.25) is 0 Å². The molecule has 2 rings (SSSR count). The molecule has 2 aromatic rings. The molecule has 1 unspecified atom stereocenters. The molecular weight excluding hydrogens is 312 g/mol. The third kappa shape index (κ3) is 5.08. The van der Waals surface area contributed by atoms with E-state index in [0.717, 1.165) is 12.1 Å². The van der Waals surface area contributed by atoms with Crippen LogP contribution in [0.2, 0.25) is 0 Å². The van der Waals surface area contributed by atoms with Gasteiger partial charge in [0.25, 0.3) is 5.91 Å². The molecule has 6 heteroatoms. The summed E-state index contributed by atoms with van der Waals surface area (Å²) in [6.07, 6.45) is 2.64. The lowest BCUT2D eigenvalue weighted by Crippen LogP contribution is -2.41. The molecule has 0 aliphatic carbocycles. The molecule has 0 spiro atoms. The molecule has 1 aromatic heterocycles. The molecule has 1 atom stereocenters. The van der Waals surface area contributed by atoms with Gasteiger partial charge in [0, 0.05) is 18.8 Å². The standard InChI is InChI=1S/C17H24N4O.ClH/c1-12(2)9-14(10-18)19-17(22)16-11-21(20-13(16)3)15-7-5-4-6-8-15;/h4-8,11-12,14H,9-10,18H2,1-3H3,(H,19,22);1H. The molecule has 126 valence electrons. The molecule has 0 bridgehead atoms. The Morgan fingerprint density at radius 1 is 1.30 bits per heavy atom. The van der Waals surface area contributed by atoms with Crippen LogP contribution >= 0.6 is 12.4 Å². The van der Waals surface area contributed by atoms with Gasteiger partial charge >= 0.3 is 0 Å². The smallest absolute Gasteiger partial charge is 0.255 e. The van der Waals surface area contributed by atoms with Crippen LogP contribution in [0.4, 0.5) is 0 Å². The number of hydrogen-bond acceptors (Lipinski definition) is 3. The molecule has 0 aliphatic rings. The molecule has 0 saturated heterocycles. The van der Waals surface area contributed by atoms with E-state index in [1.54, 1.807) is 10.9 Å². The summed E-state index contributed by atoms with van der Waals surface area (Å²) >= 11 is 0. The Hall–Kier alpha value is -1.85. The summed E-state index contributed by atoms with van der Waals surface area (Å²) in [5.74, 6) is 0.373. The molecular formula is C17H25ClN4O. The second-order valence-electron chi connectivity index (χ2n) is 5.94. The Kier molecular flexibility index (Phi) is 7.26. The van der Waals surface area contributed by atoms with E-state index in [1.165, 1.54) is 0 Å². The highest BCUT2D eigenvalue weighted by Gasteiger charge is 2.18. The summed E-state index contributed by atoms with van der Waals surface area (Å²) in [7, 11) is 0. The van der Waals surface area contributed by atoms with E-state index >= 15 is 0 Å². The molecule has 23 heavy (non-hydrogen) atoms. The monoisotopic (exact) mass is 336 g/mol. The predicted octanol–water partition coefficient (Wildman–Crippen LogP) is 2.71. The zero-order chi connectivity index (χ0) is 16.1. The maximum absolute atomic E-state index is 12.4. The number of carbonyl (C=O) groups excluding carboxylic acids is 1. The fourth-order valence-corrected chi connectivity index (χ4v) is 2.44. The summed E-state index contributed by atoms with van der Waals surface area (Å²) in [6.45, 7) is 6.52. The minimum Gasteiger partial charge on any atom is -0.348 e. The molecule has 0 fully saturated rings. The Morgan fingerprint density at radius 2 is 1.96 bits per heavy atom. The van der Waals surface area contributed by atoms with E-state index in [0.29, 0.717) is 23.7 Å². The number of carbonyl (C=O) groups is 1. The number of nitrogens with zero attached hydrogens (tertiary/aromatic N) is 2. The zero-order valence-corrected chi connectivity index (χ0v) is 14.6. The Labute approximate surface area is 143 Å². The van der Waals surface area contributed by atoms with Crippen LogP contribution in [0.15, 0.2) is 36.5 Å². The first-order valence-electron chi connectivity index (χ1n) is 7.64. The number of aryl methyl sites for hydroxylation is 1. The number of rotatable bonds is 6. The van der Waals surface area contributed by atoms with Gasteiger partial charge in [-0.15, -0.1) is 12.4 Å². The normalized spacial score (nSPS) is 11.9. The molecule has 0 aliphatic heterocycles. The number of nitrogens with one attached hydrogen (secondary N) is 1. The molecule has 3 N–H and O–H groups in total. The van der Waals surface area contributed by atoms with Crippen molar-refractivity contribution in [1.82, 2.24) is 15.1 Å². The van der Waals surface area contributed by atoms with E-state index in [4.69, 9.17) is 5.73 Å². The molecule has 1 heterocycles. The van der Waals surface area contributed by atoms with Crippen LogP contribution in [0.25, 0.3) is 5.69 Å². The zero-order valence-electron chi connectivity index (χ0n) is 13.8. The minimum atomic E-state index is -0.115. The quantitative estimate of drug-likeness (QED) is 0.851.